The van der Waals surface area contributed by atoms with E-state index in [2.05, 4.69) is 45.9 Å². The van der Waals surface area contributed by atoms with Gasteiger partial charge in [0.15, 0.2) is 0 Å². The van der Waals surface area contributed by atoms with E-state index in [1.54, 1.807) is 7.11 Å². The fraction of sp³-hybridized carbons (Fsp3) is 0.667. The number of hydrogen-bond acceptors (Lipinski definition) is 2. The Kier molecular flexibility index (Phi) is 4.27. The van der Waals surface area contributed by atoms with Crippen LogP contribution in [0.5, 0.6) is 0 Å². The molecule has 112 valence electrons. The van der Waals surface area contributed by atoms with Crippen molar-refractivity contribution in [1.29, 1.82) is 0 Å². The van der Waals surface area contributed by atoms with Gasteiger partial charge in [0.1, 0.15) is 6.10 Å². The highest BCUT2D eigenvalue weighted by atomic mass is 16.5. The zero-order valence-electron chi connectivity index (χ0n) is 13.5. The molecule has 1 N–H and O–H groups in total. The van der Waals surface area contributed by atoms with Gasteiger partial charge in [0.2, 0.25) is 0 Å². The zero-order chi connectivity index (χ0) is 15.0. The van der Waals surface area contributed by atoms with Crippen molar-refractivity contribution in [2.75, 3.05) is 7.11 Å². The molecule has 2 rings (SSSR count). The number of aryl methyl sites for hydroxylation is 2. The highest BCUT2D eigenvalue weighted by Crippen LogP contribution is 2.47. The fourth-order valence-corrected chi connectivity index (χ4v) is 3.41. The lowest BCUT2D eigenvalue weighted by atomic mass is 9.68. The molecule has 0 heterocycles. The Labute approximate surface area is 123 Å². The van der Waals surface area contributed by atoms with Crippen molar-refractivity contribution in [3.63, 3.8) is 0 Å². The zero-order valence-corrected chi connectivity index (χ0v) is 13.5. The van der Waals surface area contributed by atoms with Crippen molar-refractivity contribution >= 4 is 0 Å². The van der Waals surface area contributed by atoms with Crippen LogP contribution < -0.4 is 0 Å². The molecule has 1 aliphatic carbocycles. The van der Waals surface area contributed by atoms with Crippen molar-refractivity contribution in [3.8, 4) is 0 Å². The molecule has 1 unspecified atom stereocenters. The monoisotopic (exact) mass is 276 g/mol. The Hall–Kier alpha value is -0.860. The van der Waals surface area contributed by atoms with E-state index in [-0.39, 0.29) is 0 Å². The van der Waals surface area contributed by atoms with Gasteiger partial charge < -0.3 is 9.84 Å². The number of aliphatic hydroxyl groups excluding tert-OH is 1. The van der Waals surface area contributed by atoms with Crippen molar-refractivity contribution in [2.24, 2.45) is 5.41 Å². The minimum atomic E-state index is -0.540. The standard InChI is InChI=1S/C18H28O2/c1-13-10-14(2)12-15(11-13)16(19)18(20-5)8-6-17(3,4)7-9-18/h10-12,16,19H,6-9H2,1-5H3. The van der Waals surface area contributed by atoms with Crippen molar-refractivity contribution in [2.45, 2.75) is 65.1 Å². The first kappa shape index (κ1) is 15.5. The molecule has 1 saturated carbocycles. The van der Waals surface area contributed by atoms with Gasteiger partial charge in [0, 0.05) is 7.11 Å². The van der Waals surface area contributed by atoms with Crippen LogP contribution in [0.2, 0.25) is 0 Å². The highest BCUT2D eigenvalue weighted by Gasteiger charge is 2.44. The quantitative estimate of drug-likeness (QED) is 0.890. The Morgan fingerprint density at radius 3 is 1.95 bits per heavy atom. The van der Waals surface area contributed by atoms with Gasteiger partial charge in [-0.2, -0.15) is 0 Å². The van der Waals surface area contributed by atoms with E-state index in [1.807, 2.05) is 0 Å². The summed E-state index contributed by atoms with van der Waals surface area (Å²) < 4.78 is 5.82. The molecule has 0 amide bonds. The van der Waals surface area contributed by atoms with Crippen LogP contribution in [0.3, 0.4) is 0 Å². The summed E-state index contributed by atoms with van der Waals surface area (Å²) in [7, 11) is 1.74. The summed E-state index contributed by atoms with van der Waals surface area (Å²) in [4.78, 5) is 0. The second kappa shape index (κ2) is 5.50. The van der Waals surface area contributed by atoms with Gasteiger partial charge in [0.05, 0.1) is 5.60 Å². The van der Waals surface area contributed by atoms with E-state index >= 15 is 0 Å². The molecule has 1 aromatic carbocycles. The number of benzene rings is 1. The van der Waals surface area contributed by atoms with Crippen LogP contribution in [0.15, 0.2) is 18.2 Å². The smallest absolute Gasteiger partial charge is 0.108 e. The van der Waals surface area contributed by atoms with Crippen LogP contribution in [0.25, 0.3) is 0 Å². The summed E-state index contributed by atoms with van der Waals surface area (Å²) in [5.41, 5.74) is 3.33. The molecule has 0 bridgehead atoms. The first-order valence-corrected chi connectivity index (χ1v) is 7.59. The minimum Gasteiger partial charge on any atom is -0.385 e. The summed E-state index contributed by atoms with van der Waals surface area (Å²) >= 11 is 0. The molecule has 1 aromatic rings. The molecule has 0 radical (unpaired) electrons. The van der Waals surface area contributed by atoms with Gasteiger partial charge in [-0.15, -0.1) is 0 Å². The largest absolute Gasteiger partial charge is 0.385 e. The first-order chi connectivity index (χ1) is 9.28. The van der Waals surface area contributed by atoms with Gasteiger partial charge in [-0.3, -0.25) is 0 Å². The first-order valence-electron chi connectivity index (χ1n) is 7.59. The van der Waals surface area contributed by atoms with Crippen LogP contribution in [-0.2, 0) is 4.74 Å². The van der Waals surface area contributed by atoms with Crippen molar-refractivity contribution in [1.82, 2.24) is 0 Å². The third-order valence-corrected chi connectivity index (χ3v) is 4.91. The van der Waals surface area contributed by atoms with Crippen LogP contribution in [0.1, 0.15) is 62.3 Å². The Balaban J connectivity index is 2.27. The Morgan fingerprint density at radius 1 is 1.00 bits per heavy atom. The van der Waals surface area contributed by atoms with Crippen LogP contribution in [0.4, 0.5) is 0 Å². The number of rotatable bonds is 3. The Morgan fingerprint density at radius 2 is 1.50 bits per heavy atom. The number of hydrogen-bond donors (Lipinski definition) is 1. The molecular weight excluding hydrogens is 248 g/mol. The van der Waals surface area contributed by atoms with Crippen LogP contribution in [-0.4, -0.2) is 17.8 Å². The van der Waals surface area contributed by atoms with Crippen molar-refractivity contribution < 1.29 is 9.84 Å². The number of aliphatic hydroxyl groups is 1. The average Bonchev–Trinajstić information content (AvgIpc) is 2.37. The lowest BCUT2D eigenvalue weighted by Gasteiger charge is -2.45. The van der Waals surface area contributed by atoms with Gasteiger partial charge in [-0.1, -0.05) is 43.2 Å². The Bertz CT molecular complexity index is 446. The maximum absolute atomic E-state index is 10.9. The molecule has 1 fully saturated rings. The SMILES string of the molecule is COC1(C(O)c2cc(C)cc(C)c2)CCC(C)(C)CC1. The molecule has 0 spiro atoms. The summed E-state index contributed by atoms with van der Waals surface area (Å²) in [6.07, 6.45) is 3.50. The molecule has 1 aliphatic rings. The van der Waals surface area contributed by atoms with Crippen LogP contribution in [0, 0.1) is 19.3 Å². The second-order valence-electron chi connectivity index (χ2n) is 7.26. The lowest BCUT2D eigenvalue weighted by Crippen LogP contribution is -2.44. The maximum Gasteiger partial charge on any atom is 0.108 e. The lowest BCUT2D eigenvalue weighted by molar-refractivity contribution is -0.138. The van der Waals surface area contributed by atoms with Gasteiger partial charge in [-0.05, 0) is 50.5 Å². The summed E-state index contributed by atoms with van der Waals surface area (Å²) in [6, 6.07) is 6.30. The van der Waals surface area contributed by atoms with E-state index < -0.39 is 11.7 Å². The summed E-state index contributed by atoms with van der Waals surface area (Å²) in [5.74, 6) is 0. The third-order valence-electron chi connectivity index (χ3n) is 4.91. The molecule has 0 aromatic heterocycles. The second-order valence-corrected chi connectivity index (χ2v) is 7.26. The molecule has 2 heteroatoms. The van der Waals surface area contributed by atoms with Gasteiger partial charge in [0.25, 0.3) is 0 Å². The van der Waals surface area contributed by atoms with Crippen molar-refractivity contribution in [3.05, 3.63) is 34.9 Å². The number of ether oxygens (including phenoxy) is 1. The molecule has 0 saturated heterocycles. The van der Waals surface area contributed by atoms with E-state index in [0.29, 0.717) is 5.41 Å². The van der Waals surface area contributed by atoms with Crippen LogP contribution >= 0.6 is 0 Å². The van der Waals surface area contributed by atoms with E-state index in [9.17, 15) is 5.11 Å². The molecule has 20 heavy (non-hydrogen) atoms. The molecular formula is C18H28O2. The third kappa shape index (κ3) is 3.07. The molecule has 2 nitrogen and oxygen atoms in total. The summed E-state index contributed by atoms with van der Waals surface area (Å²) in [5, 5.41) is 10.9. The van der Waals surface area contributed by atoms with Gasteiger partial charge >= 0.3 is 0 Å². The van der Waals surface area contributed by atoms with E-state index in [4.69, 9.17) is 4.74 Å². The van der Waals surface area contributed by atoms with Gasteiger partial charge in [-0.25, -0.2) is 0 Å². The predicted molar refractivity (Wildman–Crippen MR) is 82.9 cm³/mol. The maximum atomic E-state index is 10.9. The van der Waals surface area contributed by atoms with E-state index in [0.717, 1.165) is 31.2 Å². The minimum absolute atomic E-state index is 0.365. The normalized spacial score (nSPS) is 22.5. The topological polar surface area (TPSA) is 29.5 Å². The fourth-order valence-electron chi connectivity index (χ4n) is 3.41. The number of methoxy groups -OCH3 is 1. The molecule has 1 atom stereocenters. The molecule has 0 aliphatic heterocycles. The predicted octanol–water partition coefficient (Wildman–Crippen LogP) is 4.32. The highest BCUT2D eigenvalue weighted by molar-refractivity contribution is 5.31. The van der Waals surface area contributed by atoms with E-state index in [1.165, 1.54) is 11.1 Å². The summed E-state index contributed by atoms with van der Waals surface area (Å²) in [6.45, 7) is 8.75. The average molecular weight is 276 g/mol.